The number of aromatic nitrogens is 1. The van der Waals surface area contributed by atoms with Crippen LogP contribution >= 0.6 is 0 Å². The third-order valence-electron chi connectivity index (χ3n) is 2.65. The molecule has 0 fully saturated rings. The molecular formula is C12H16N2O5. The molecule has 0 saturated heterocycles. The van der Waals surface area contributed by atoms with E-state index in [1.807, 2.05) is 0 Å². The number of ketones is 1. The average Bonchev–Trinajstić information content (AvgIpc) is 2.71. The fraction of sp³-hybridized carbons (Fsp3) is 0.417. The van der Waals surface area contributed by atoms with Crippen molar-refractivity contribution >= 4 is 17.7 Å². The highest BCUT2D eigenvalue weighted by atomic mass is 16.5. The molecule has 7 heteroatoms. The number of nitrogens with one attached hydrogen (secondary N) is 1. The Morgan fingerprint density at radius 3 is 2.53 bits per heavy atom. The minimum atomic E-state index is -1.15. The first kappa shape index (κ1) is 14.9. The Labute approximate surface area is 110 Å². The van der Waals surface area contributed by atoms with Gasteiger partial charge in [0.2, 0.25) is 0 Å². The van der Waals surface area contributed by atoms with Crippen LogP contribution < -0.4 is 5.32 Å². The molecule has 7 nitrogen and oxygen atoms in total. The van der Waals surface area contributed by atoms with Gasteiger partial charge in [-0.1, -0.05) is 0 Å². The summed E-state index contributed by atoms with van der Waals surface area (Å²) >= 11 is 0. The van der Waals surface area contributed by atoms with E-state index in [2.05, 4.69) is 5.32 Å². The van der Waals surface area contributed by atoms with Crippen LogP contribution in [0.3, 0.4) is 0 Å². The fourth-order valence-corrected chi connectivity index (χ4v) is 1.53. The summed E-state index contributed by atoms with van der Waals surface area (Å²) in [6.07, 6.45) is 0.443. The number of carbonyl (C=O) groups is 3. The van der Waals surface area contributed by atoms with Crippen LogP contribution in [0.25, 0.3) is 0 Å². The Kier molecular flexibility index (Phi) is 4.82. The molecule has 104 valence electrons. The Morgan fingerprint density at radius 2 is 2.11 bits per heavy atom. The molecule has 1 heterocycles. The predicted octanol–water partition coefficient (Wildman–Crippen LogP) is 0.0571. The molecule has 1 atom stereocenters. The fourth-order valence-electron chi connectivity index (χ4n) is 1.53. The minimum Gasteiger partial charge on any atom is -0.479 e. The number of aliphatic carboxylic acids is 1. The van der Waals surface area contributed by atoms with Crippen molar-refractivity contribution in [2.45, 2.75) is 13.0 Å². The number of aryl methyl sites for hydroxylation is 1. The van der Waals surface area contributed by atoms with Gasteiger partial charge in [-0.2, -0.15) is 0 Å². The molecule has 0 aliphatic rings. The highest BCUT2D eigenvalue weighted by molar-refractivity contribution is 5.99. The monoisotopic (exact) mass is 268 g/mol. The summed E-state index contributed by atoms with van der Waals surface area (Å²) in [4.78, 5) is 33.8. The largest absolute Gasteiger partial charge is 0.479 e. The summed E-state index contributed by atoms with van der Waals surface area (Å²) in [6.45, 7) is 1.26. The molecule has 2 N–H and O–H groups in total. The average molecular weight is 268 g/mol. The maximum atomic E-state index is 11.9. The van der Waals surface area contributed by atoms with Gasteiger partial charge in [0.05, 0.1) is 6.54 Å². The summed E-state index contributed by atoms with van der Waals surface area (Å²) in [5, 5.41) is 11.2. The molecule has 0 saturated carbocycles. The highest BCUT2D eigenvalue weighted by Crippen LogP contribution is 2.08. The summed E-state index contributed by atoms with van der Waals surface area (Å²) in [5.41, 5.74) is 0.708. The summed E-state index contributed by atoms with van der Waals surface area (Å²) in [7, 11) is 2.88. The molecular weight excluding hydrogens is 252 g/mol. The second kappa shape index (κ2) is 6.14. The van der Waals surface area contributed by atoms with Crippen molar-refractivity contribution in [2.75, 3.05) is 13.7 Å². The van der Waals surface area contributed by atoms with Gasteiger partial charge < -0.3 is 19.7 Å². The first-order valence-corrected chi connectivity index (χ1v) is 5.58. The molecule has 0 aromatic carbocycles. The molecule has 0 spiro atoms. The van der Waals surface area contributed by atoms with Crippen LogP contribution in [0, 0.1) is 0 Å². The van der Waals surface area contributed by atoms with Crippen molar-refractivity contribution in [3.8, 4) is 0 Å². The Bertz CT molecular complexity index is 506. The molecule has 1 aromatic heterocycles. The quantitative estimate of drug-likeness (QED) is 0.711. The summed E-state index contributed by atoms with van der Waals surface area (Å²) < 4.78 is 6.21. The van der Waals surface area contributed by atoms with Crippen LogP contribution in [0.4, 0.5) is 0 Å². The Balaban J connectivity index is 2.73. The number of carbonyl (C=O) groups excluding carboxylic acids is 2. The number of hydrogen-bond donors (Lipinski definition) is 2. The number of amides is 1. The molecule has 1 aromatic rings. The SMILES string of the molecule is COC(CNC(=O)c1cc(C(C)=O)cn1C)C(=O)O. The lowest BCUT2D eigenvalue weighted by Gasteiger charge is -2.11. The van der Waals surface area contributed by atoms with Crippen molar-refractivity contribution in [3.63, 3.8) is 0 Å². The summed E-state index contributed by atoms with van der Waals surface area (Å²) in [6, 6.07) is 1.46. The van der Waals surface area contributed by atoms with E-state index in [-0.39, 0.29) is 18.0 Å². The predicted molar refractivity (Wildman–Crippen MR) is 66.2 cm³/mol. The third kappa shape index (κ3) is 3.65. The van der Waals surface area contributed by atoms with E-state index in [1.165, 1.54) is 24.7 Å². The molecule has 0 bridgehead atoms. The van der Waals surface area contributed by atoms with Gasteiger partial charge in [-0.05, 0) is 13.0 Å². The maximum absolute atomic E-state index is 11.9. The first-order chi connectivity index (χ1) is 8.86. The van der Waals surface area contributed by atoms with Crippen LogP contribution in [0.15, 0.2) is 12.3 Å². The van der Waals surface area contributed by atoms with Crippen LogP contribution in [-0.2, 0) is 16.6 Å². The van der Waals surface area contributed by atoms with Crippen LogP contribution in [0.2, 0.25) is 0 Å². The van der Waals surface area contributed by atoms with Gasteiger partial charge in [-0.3, -0.25) is 9.59 Å². The van der Waals surface area contributed by atoms with Crippen molar-refractivity contribution < 1.29 is 24.2 Å². The normalized spacial score (nSPS) is 11.9. The maximum Gasteiger partial charge on any atom is 0.334 e. The molecule has 0 aliphatic heterocycles. The molecule has 1 unspecified atom stereocenters. The summed E-state index contributed by atoms with van der Waals surface area (Å²) in [5.74, 6) is -1.76. The second-order valence-corrected chi connectivity index (χ2v) is 4.05. The molecule has 1 amide bonds. The number of methoxy groups -OCH3 is 1. The van der Waals surface area contributed by atoms with Crippen LogP contribution in [0.5, 0.6) is 0 Å². The number of nitrogens with zero attached hydrogens (tertiary/aromatic N) is 1. The smallest absolute Gasteiger partial charge is 0.334 e. The number of hydrogen-bond acceptors (Lipinski definition) is 4. The molecule has 19 heavy (non-hydrogen) atoms. The molecule has 1 rings (SSSR count). The second-order valence-electron chi connectivity index (χ2n) is 4.05. The Morgan fingerprint density at radius 1 is 1.47 bits per heavy atom. The van der Waals surface area contributed by atoms with E-state index in [1.54, 1.807) is 13.2 Å². The van der Waals surface area contributed by atoms with Gasteiger partial charge in [0, 0.05) is 25.9 Å². The van der Waals surface area contributed by atoms with E-state index < -0.39 is 18.0 Å². The lowest BCUT2D eigenvalue weighted by Crippen LogP contribution is -2.38. The number of carboxylic acid groups (broad SMARTS) is 1. The highest BCUT2D eigenvalue weighted by Gasteiger charge is 2.19. The zero-order chi connectivity index (χ0) is 14.6. The van der Waals surface area contributed by atoms with Crippen molar-refractivity contribution in [1.82, 2.24) is 9.88 Å². The first-order valence-electron chi connectivity index (χ1n) is 5.58. The van der Waals surface area contributed by atoms with Crippen LogP contribution in [-0.4, -0.2) is 47.1 Å². The van der Waals surface area contributed by atoms with E-state index in [9.17, 15) is 14.4 Å². The lowest BCUT2D eigenvalue weighted by molar-refractivity contribution is -0.148. The van der Waals surface area contributed by atoms with Gasteiger partial charge >= 0.3 is 5.97 Å². The van der Waals surface area contributed by atoms with E-state index in [4.69, 9.17) is 9.84 Å². The number of ether oxygens (including phenoxy) is 1. The van der Waals surface area contributed by atoms with Gasteiger partial charge in [0.25, 0.3) is 5.91 Å². The zero-order valence-electron chi connectivity index (χ0n) is 11.0. The number of rotatable bonds is 6. The number of Topliss-reactive ketones (excluding diaryl/α,β-unsaturated/α-hetero) is 1. The minimum absolute atomic E-state index is 0.144. The Hall–Kier alpha value is -2.15. The van der Waals surface area contributed by atoms with Gasteiger partial charge in [0.1, 0.15) is 5.69 Å². The van der Waals surface area contributed by atoms with Crippen molar-refractivity contribution in [2.24, 2.45) is 7.05 Å². The van der Waals surface area contributed by atoms with Crippen LogP contribution in [0.1, 0.15) is 27.8 Å². The van der Waals surface area contributed by atoms with E-state index in [0.717, 1.165) is 0 Å². The molecule has 0 aliphatic carbocycles. The number of carboxylic acids is 1. The standard InChI is InChI=1S/C12H16N2O5/c1-7(15)8-4-9(14(2)6-8)11(16)13-5-10(19-3)12(17)18/h4,6,10H,5H2,1-3H3,(H,13,16)(H,17,18). The van der Waals surface area contributed by atoms with E-state index >= 15 is 0 Å². The van der Waals surface area contributed by atoms with Crippen molar-refractivity contribution in [3.05, 3.63) is 23.5 Å². The van der Waals surface area contributed by atoms with E-state index in [0.29, 0.717) is 5.56 Å². The zero-order valence-corrected chi connectivity index (χ0v) is 11.0. The van der Waals surface area contributed by atoms with Gasteiger partial charge in [-0.25, -0.2) is 4.79 Å². The topological polar surface area (TPSA) is 97.6 Å². The third-order valence-corrected chi connectivity index (χ3v) is 2.65. The molecule has 0 radical (unpaired) electrons. The van der Waals surface area contributed by atoms with Gasteiger partial charge in [-0.15, -0.1) is 0 Å². The van der Waals surface area contributed by atoms with Crippen molar-refractivity contribution in [1.29, 1.82) is 0 Å². The lowest BCUT2D eigenvalue weighted by atomic mass is 10.2. The van der Waals surface area contributed by atoms with Gasteiger partial charge in [0.15, 0.2) is 11.9 Å².